The smallest absolute Gasteiger partial charge is 0.357 e. The zero-order chi connectivity index (χ0) is 14.0. The maximum absolute atomic E-state index is 11.8. The van der Waals surface area contributed by atoms with Crippen LogP contribution in [0.15, 0.2) is 0 Å². The maximum atomic E-state index is 11.8. The molecule has 1 aromatic rings. The van der Waals surface area contributed by atoms with Crippen molar-refractivity contribution in [2.45, 2.75) is 26.3 Å². The number of hydrogen-bond donors (Lipinski definition) is 1. The van der Waals surface area contributed by atoms with Crippen LogP contribution in [0.2, 0.25) is 0 Å². The molecular formula is C12H17N3O3S. The first-order chi connectivity index (χ1) is 9.08. The minimum atomic E-state index is -0.436. The first-order valence-electron chi connectivity index (χ1n) is 6.18. The van der Waals surface area contributed by atoms with Crippen molar-refractivity contribution in [1.82, 2.24) is 10.3 Å². The highest BCUT2D eigenvalue weighted by molar-refractivity contribution is 7.15. The summed E-state index contributed by atoms with van der Waals surface area (Å²) in [5, 5.41) is 3.55. The van der Waals surface area contributed by atoms with Crippen LogP contribution in [0.25, 0.3) is 0 Å². The van der Waals surface area contributed by atoms with Gasteiger partial charge in [0.05, 0.1) is 7.11 Å². The number of hydrogen-bond acceptors (Lipinski definition) is 6. The Morgan fingerprint density at radius 2 is 2.37 bits per heavy atom. The number of amides is 1. The number of nitrogens with zero attached hydrogens (tertiary/aromatic N) is 2. The first-order valence-corrected chi connectivity index (χ1v) is 7.00. The number of rotatable bonds is 3. The third-order valence-electron chi connectivity index (χ3n) is 3.13. The summed E-state index contributed by atoms with van der Waals surface area (Å²) in [6, 6.07) is -0.218. The number of anilines is 1. The lowest BCUT2D eigenvalue weighted by atomic mass is 10.1. The van der Waals surface area contributed by atoms with Crippen LogP contribution in [0.1, 0.15) is 28.7 Å². The zero-order valence-corrected chi connectivity index (χ0v) is 12.0. The Morgan fingerprint density at radius 3 is 3.00 bits per heavy atom. The van der Waals surface area contributed by atoms with Gasteiger partial charge < -0.3 is 15.0 Å². The Morgan fingerprint density at radius 1 is 1.63 bits per heavy atom. The number of carbonyl (C=O) groups excluding carboxylic acids is 2. The van der Waals surface area contributed by atoms with E-state index in [9.17, 15) is 9.59 Å². The molecule has 1 fully saturated rings. The van der Waals surface area contributed by atoms with E-state index < -0.39 is 5.97 Å². The maximum Gasteiger partial charge on any atom is 0.357 e. The zero-order valence-electron chi connectivity index (χ0n) is 11.2. The van der Waals surface area contributed by atoms with Crippen molar-refractivity contribution in [3.8, 4) is 0 Å². The van der Waals surface area contributed by atoms with Crippen molar-refractivity contribution < 1.29 is 14.3 Å². The summed E-state index contributed by atoms with van der Waals surface area (Å²) in [7, 11) is 1.34. The Labute approximate surface area is 115 Å². The SMILES string of the molecule is CCC1C(=O)NCCN1c1nc(C(=O)OC)c(C)s1. The second-order valence-electron chi connectivity index (χ2n) is 4.30. The Kier molecular flexibility index (Phi) is 4.04. The molecular weight excluding hydrogens is 266 g/mol. The van der Waals surface area contributed by atoms with Gasteiger partial charge in [-0.15, -0.1) is 11.3 Å². The Balaban J connectivity index is 2.30. The van der Waals surface area contributed by atoms with Crippen LogP contribution in [-0.4, -0.2) is 43.1 Å². The number of aromatic nitrogens is 1. The highest BCUT2D eigenvalue weighted by Gasteiger charge is 2.31. The molecule has 1 aromatic heterocycles. The first kappa shape index (κ1) is 13.8. The minimum Gasteiger partial charge on any atom is -0.464 e. The van der Waals surface area contributed by atoms with Gasteiger partial charge in [-0.05, 0) is 13.3 Å². The molecule has 0 aliphatic carbocycles. The molecule has 0 radical (unpaired) electrons. The predicted molar refractivity (Wildman–Crippen MR) is 72.6 cm³/mol. The Hall–Kier alpha value is -1.63. The van der Waals surface area contributed by atoms with E-state index in [1.165, 1.54) is 18.4 Å². The number of piperazine rings is 1. The summed E-state index contributed by atoms with van der Waals surface area (Å²) in [5.41, 5.74) is 0.336. The number of carbonyl (C=O) groups is 2. The van der Waals surface area contributed by atoms with E-state index in [2.05, 4.69) is 10.3 Å². The molecule has 2 heterocycles. The van der Waals surface area contributed by atoms with Gasteiger partial charge in [0.2, 0.25) is 5.91 Å². The molecule has 0 bridgehead atoms. The second kappa shape index (κ2) is 5.56. The molecule has 1 N–H and O–H groups in total. The lowest BCUT2D eigenvalue weighted by Crippen LogP contribution is -2.55. The van der Waals surface area contributed by atoms with Crippen LogP contribution in [0, 0.1) is 6.92 Å². The molecule has 2 rings (SSSR count). The molecule has 0 aromatic carbocycles. The summed E-state index contributed by atoms with van der Waals surface area (Å²) in [5.74, 6) is -0.421. The van der Waals surface area contributed by atoms with E-state index in [1.807, 2.05) is 18.7 Å². The van der Waals surface area contributed by atoms with Gasteiger partial charge in [-0.3, -0.25) is 4.79 Å². The number of methoxy groups -OCH3 is 1. The van der Waals surface area contributed by atoms with Gasteiger partial charge >= 0.3 is 5.97 Å². The number of thiazole rings is 1. The molecule has 104 valence electrons. The van der Waals surface area contributed by atoms with E-state index >= 15 is 0 Å². The molecule has 0 spiro atoms. The van der Waals surface area contributed by atoms with Gasteiger partial charge in [-0.2, -0.15) is 0 Å². The number of nitrogens with one attached hydrogen (secondary N) is 1. The van der Waals surface area contributed by atoms with Gasteiger partial charge in [-0.25, -0.2) is 9.78 Å². The van der Waals surface area contributed by atoms with E-state index in [0.717, 1.165) is 4.88 Å². The highest BCUT2D eigenvalue weighted by atomic mass is 32.1. The van der Waals surface area contributed by atoms with Gasteiger partial charge in [0.1, 0.15) is 6.04 Å². The number of aryl methyl sites for hydroxylation is 1. The third-order valence-corrected chi connectivity index (χ3v) is 4.14. The molecule has 1 atom stereocenters. The van der Waals surface area contributed by atoms with E-state index in [4.69, 9.17) is 4.74 Å². The van der Waals surface area contributed by atoms with Crippen molar-refractivity contribution in [2.24, 2.45) is 0 Å². The molecule has 1 aliphatic rings. The fraction of sp³-hybridized carbons (Fsp3) is 0.583. The van der Waals surface area contributed by atoms with Crippen molar-refractivity contribution in [3.63, 3.8) is 0 Å². The third kappa shape index (κ3) is 2.56. The Bertz CT molecular complexity index is 500. The molecule has 19 heavy (non-hydrogen) atoms. The molecule has 1 amide bonds. The van der Waals surface area contributed by atoms with Crippen molar-refractivity contribution in [3.05, 3.63) is 10.6 Å². The quantitative estimate of drug-likeness (QED) is 0.836. The van der Waals surface area contributed by atoms with Crippen LogP contribution < -0.4 is 10.2 Å². The number of ether oxygens (including phenoxy) is 1. The highest BCUT2D eigenvalue weighted by Crippen LogP contribution is 2.29. The summed E-state index contributed by atoms with van der Waals surface area (Å²) in [4.78, 5) is 30.5. The summed E-state index contributed by atoms with van der Waals surface area (Å²) >= 11 is 1.42. The van der Waals surface area contributed by atoms with Gasteiger partial charge in [0.25, 0.3) is 0 Å². The van der Waals surface area contributed by atoms with Gasteiger partial charge in [0.15, 0.2) is 10.8 Å². The fourth-order valence-electron chi connectivity index (χ4n) is 2.14. The number of esters is 1. The molecule has 7 heteroatoms. The van der Waals surface area contributed by atoms with Crippen LogP contribution in [-0.2, 0) is 9.53 Å². The summed E-state index contributed by atoms with van der Waals surface area (Å²) in [6.07, 6.45) is 0.706. The van der Waals surface area contributed by atoms with Gasteiger partial charge in [0, 0.05) is 18.0 Å². The molecule has 1 aliphatic heterocycles. The molecule has 1 unspecified atom stereocenters. The lowest BCUT2D eigenvalue weighted by Gasteiger charge is -2.34. The summed E-state index contributed by atoms with van der Waals surface area (Å²) < 4.78 is 4.70. The van der Waals surface area contributed by atoms with Crippen LogP contribution in [0.5, 0.6) is 0 Å². The predicted octanol–water partition coefficient (Wildman–Crippen LogP) is 0.953. The normalized spacial score (nSPS) is 19.2. The van der Waals surface area contributed by atoms with Gasteiger partial charge in [-0.1, -0.05) is 6.92 Å². The molecule has 1 saturated heterocycles. The van der Waals surface area contributed by atoms with Crippen molar-refractivity contribution >= 4 is 28.3 Å². The summed E-state index contributed by atoms with van der Waals surface area (Å²) in [6.45, 7) is 5.10. The minimum absolute atomic E-state index is 0.0150. The largest absolute Gasteiger partial charge is 0.464 e. The van der Waals surface area contributed by atoms with Crippen molar-refractivity contribution in [2.75, 3.05) is 25.1 Å². The lowest BCUT2D eigenvalue weighted by molar-refractivity contribution is -0.123. The van der Waals surface area contributed by atoms with E-state index in [1.54, 1.807) is 0 Å². The monoisotopic (exact) mass is 283 g/mol. The van der Waals surface area contributed by atoms with E-state index in [-0.39, 0.29) is 11.9 Å². The second-order valence-corrected chi connectivity index (χ2v) is 5.48. The van der Waals surface area contributed by atoms with E-state index in [0.29, 0.717) is 30.3 Å². The standard InChI is InChI=1S/C12H17N3O3S/c1-4-8-10(16)13-5-6-15(8)12-14-9(7(2)19-12)11(17)18-3/h8H,4-6H2,1-3H3,(H,13,16). The molecule has 0 saturated carbocycles. The topological polar surface area (TPSA) is 71.5 Å². The van der Waals surface area contributed by atoms with Crippen LogP contribution >= 0.6 is 11.3 Å². The average molecular weight is 283 g/mol. The molecule has 6 nitrogen and oxygen atoms in total. The van der Waals surface area contributed by atoms with Crippen LogP contribution in [0.3, 0.4) is 0 Å². The van der Waals surface area contributed by atoms with Crippen molar-refractivity contribution in [1.29, 1.82) is 0 Å². The fourth-order valence-corrected chi connectivity index (χ4v) is 3.11. The average Bonchev–Trinajstić information content (AvgIpc) is 2.79. The van der Waals surface area contributed by atoms with Crippen LogP contribution in [0.4, 0.5) is 5.13 Å².